The van der Waals surface area contributed by atoms with Gasteiger partial charge in [0.15, 0.2) is 0 Å². The first-order valence-corrected chi connectivity index (χ1v) is 16.6. The van der Waals surface area contributed by atoms with Crippen LogP contribution < -0.4 is 0 Å². The summed E-state index contributed by atoms with van der Waals surface area (Å²) in [5, 5.41) is 7.90. The quantitative estimate of drug-likeness (QED) is 0.181. The Bertz CT molecular complexity index is 2420. The first kappa shape index (κ1) is 28.1. The molecule has 2 aromatic heterocycles. The van der Waals surface area contributed by atoms with Crippen molar-refractivity contribution in [2.24, 2.45) is 0 Å². The minimum Gasteiger partial charge on any atom is -0.265 e. The van der Waals surface area contributed by atoms with Crippen molar-refractivity contribution in [2.75, 3.05) is 0 Å². The average molecular weight is 613 g/mol. The van der Waals surface area contributed by atoms with Crippen molar-refractivity contribution in [1.29, 1.82) is 0 Å². The number of hydrogen-bond donors (Lipinski definition) is 0. The Kier molecular flexibility index (Phi) is 6.98. The molecule has 2 heterocycles. The zero-order valence-corrected chi connectivity index (χ0v) is 26.4. The van der Waals surface area contributed by atoms with Gasteiger partial charge in [-0.3, -0.25) is 9.97 Å². The van der Waals surface area contributed by atoms with Gasteiger partial charge in [-0.25, -0.2) is 0 Å². The number of allylic oxidation sites excluding steroid dienone is 4. The van der Waals surface area contributed by atoms with E-state index in [0.717, 1.165) is 17.5 Å². The predicted molar refractivity (Wildman–Crippen MR) is 202 cm³/mol. The summed E-state index contributed by atoms with van der Waals surface area (Å²) in [5.41, 5.74) is 11.1. The molecule has 1 aliphatic rings. The van der Waals surface area contributed by atoms with E-state index < -0.39 is 0 Å². The Morgan fingerprint density at radius 3 is 1.58 bits per heavy atom. The van der Waals surface area contributed by atoms with E-state index in [1.807, 2.05) is 24.8 Å². The van der Waals surface area contributed by atoms with E-state index >= 15 is 0 Å². The zero-order valence-electron chi connectivity index (χ0n) is 26.4. The smallest absolute Gasteiger partial charge is 0.0273 e. The molecule has 1 unspecified atom stereocenters. The number of benzene rings is 6. The Morgan fingerprint density at radius 1 is 0.438 bits per heavy atom. The molecule has 9 rings (SSSR count). The van der Waals surface area contributed by atoms with Gasteiger partial charge >= 0.3 is 0 Å². The van der Waals surface area contributed by atoms with Crippen molar-refractivity contribution in [3.05, 3.63) is 188 Å². The summed E-state index contributed by atoms with van der Waals surface area (Å²) in [5.74, 6) is 0.273. The second-order valence-corrected chi connectivity index (χ2v) is 12.6. The Morgan fingerprint density at radius 2 is 0.958 bits per heavy atom. The molecule has 2 heteroatoms. The third-order valence-corrected chi connectivity index (χ3v) is 9.80. The first-order chi connectivity index (χ1) is 23.8. The summed E-state index contributed by atoms with van der Waals surface area (Å²) in [6.45, 7) is 0. The second-order valence-electron chi connectivity index (χ2n) is 12.6. The van der Waals surface area contributed by atoms with E-state index in [0.29, 0.717) is 0 Å². The lowest BCUT2D eigenvalue weighted by Gasteiger charge is -2.22. The fourth-order valence-corrected chi connectivity index (χ4v) is 7.50. The van der Waals surface area contributed by atoms with Gasteiger partial charge in [0.05, 0.1) is 0 Å². The molecule has 0 fully saturated rings. The zero-order chi connectivity index (χ0) is 31.9. The fraction of sp³-hybridized carbons (Fsp3) is 0.0435. The monoisotopic (exact) mass is 612 g/mol. The van der Waals surface area contributed by atoms with Crippen molar-refractivity contribution < 1.29 is 0 Å². The molecule has 0 radical (unpaired) electrons. The van der Waals surface area contributed by atoms with Gasteiger partial charge in [-0.05, 0) is 131 Å². The second kappa shape index (κ2) is 11.9. The minimum absolute atomic E-state index is 0.273. The Balaban J connectivity index is 1.12. The Labute approximate surface area is 280 Å². The Hall–Kier alpha value is -6.12. The number of nitrogens with zero attached hydrogens (tertiary/aromatic N) is 2. The molecule has 0 amide bonds. The third kappa shape index (κ3) is 4.99. The number of fused-ring (bicyclic) bond motifs is 6. The van der Waals surface area contributed by atoms with E-state index in [4.69, 9.17) is 0 Å². The van der Waals surface area contributed by atoms with E-state index in [-0.39, 0.29) is 5.92 Å². The topological polar surface area (TPSA) is 25.8 Å². The van der Waals surface area contributed by atoms with Crippen LogP contribution in [0.3, 0.4) is 0 Å². The van der Waals surface area contributed by atoms with E-state index in [9.17, 15) is 0 Å². The largest absolute Gasteiger partial charge is 0.265 e. The van der Waals surface area contributed by atoms with Crippen LogP contribution in [0, 0.1) is 0 Å². The van der Waals surface area contributed by atoms with Crippen LogP contribution in [0.4, 0.5) is 0 Å². The number of aromatic nitrogens is 2. The molecule has 0 N–H and O–H groups in total. The molecule has 48 heavy (non-hydrogen) atoms. The molecule has 0 saturated carbocycles. The fourth-order valence-electron chi connectivity index (χ4n) is 7.50. The van der Waals surface area contributed by atoms with Gasteiger partial charge in [0.25, 0.3) is 0 Å². The van der Waals surface area contributed by atoms with Crippen LogP contribution in [-0.2, 0) is 0 Å². The van der Waals surface area contributed by atoms with Gasteiger partial charge in [0.1, 0.15) is 0 Å². The van der Waals surface area contributed by atoms with Gasteiger partial charge < -0.3 is 0 Å². The normalized spacial score (nSPS) is 14.4. The van der Waals surface area contributed by atoms with Crippen LogP contribution in [-0.4, -0.2) is 9.97 Å². The first-order valence-electron chi connectivity index (χ1n) is 16.6. The van der Waals surface area contributed by atoms with Gasteiger partial charge in [0.2, 0.25) is 0 Å². The van der Waals surface area contributed by atoms with Crippen LogP contribution in [0.5, 0.6) is 0 Å². The van der Waals surface area contributed by atoms with Crippen molar-refractivity contribution in [3.63, 3.8) is 0 Å². The molecule has 0 spiro atoms. The lowest BCUT2D eigenvalue weighted by atomic mass is 9.82. The van der Waals surface area contributed by atoms with Gasteiger partial charge in [-0.2, -0.15) is 0 Å². The van der Waals surface area contributed by atoms with Crippen LogP contribution in [0.25, 0.3) is 71.3 Å². The van der Waals surface area contributed by atoms with Crippen LogP contribution >= 0.6 is 0 Å². The SMILES string of the molecule is C1=CC(c2cccc(-c3cc(-c4ccncc4)cc(-c4ccncc4)c3)c2)CC(c2cccc3c4ccccc4c4ccccc4c23)=C1. The van der Waals surface area contributed by atoms with Crippen LogP contribution in [0.15, 0.2) is 176 Å². The van der Waals surface area contributed by atoms with Crippen LogP contribution in [0.2, 0.25) is 0 Å². The lowest BCUT2D eigenvalue weighted by Crippen LogP contribution is -2.02. The van der Waals surface area contributed by atoms with Gasteiger partial charge in [-0.15, -0.1) is 0 Å². The summed E-state index contributed by atoms with van der Waals surface area (Å²) >= 11 is 0. The summed E-state index contributed by atoms with van der Waals surface area (Å²) < 4.78 is 0. The summed E-state index contributed by atoms with van der Waals surface area (Å²) in [6, 6.07) is 48.8. The standard InChI is InChI=1S/C46H32N2/c1-2-13-43-41(12-1)42-14-3-4-15-44(42)46-40(16-7-17-45(43)46)36-11-6-9-34(27-36)33-8-5-10-35(26-33)39-29-37(31-18-22-47-23-19-31)28-38(30-39)32-20-24-48-25-21-32/h1-26,28-30,34H,27H2. The van der Waals surface area contributed by atoms with E-state index in [1.54, 1.807) is 0 Å². The molecule has 0 aliphatic heterocycles. The van der Waals surface area contributed by atoms with Gasteiger partial charge in [-0.1, -0.05) is 109 Å². The molecular formula is C46H32N2. The highest BCUT2D eigenvalue weighted by atomic mass is 14.6. The molecular weight excluding hydrogens is 581 g/mol. The third-order valence-electron chi connectivity index (χ3n) is 9.80. The van der Waals surface area contributed by atoms with Crippen molar-refractivity contribution in [1.82, 2.24) is 9.97 Å². The average Bonchev–Trinajstić information content (AvgIpc) is 3.18. The summed E-state index contributed by atoms with van der Waals surface area (Å²) in [4.78, 5) is 8.50. The van der Waals surface area contributed by atoms with Crippen LogP contribution in [0.1, 0.15) is 23.5 Å². The summed E-state index contributed by atoms with van der Waals surface area (Å²) in [6.07, 6.45) is 15.3. The maximum atomic E-state index is 4.25. The summed E-state index contributed by atoms with van der Waals surface area (Å²) in [7, 11) is 0. The number of hydrogen-bond acceptors (Lipinski definition) is 2. The highest BCUT2D eigenvalue weighted by Gasteiger charge is 2.19. The van der Waals surface area contributed by atoms with Crippen molar-refractivity contribution in [3.8, 4) is 33.4 Å². The molecule has 1 atom stereocenters. The molecule has 0 bridgehead atoms. The van der Waals surface area contributed by atoms with E-state index in [1.165, 1.54) is 71.3 Å². The van der Waals surface area contributed by atoms with E-state index in [2.05, 4.69) is 162 Å². The molecule has 6 aromatic carbocycles. The number of pyridine rings is 2. The highest BCUT2D eigenvalue weighted by molar-refractivity contribution is 6.27. The molecule has 8 aromatic rings. The van der Waals surface area contributed by atoms with Crippen molar-refractivity contribution >= 4 is 37.9 Å². The van der Waals surface area contributed by atoms with Gasteiger partial charge in [0, 0.05) is 30.7 Å². The molecule has 0 saturated heterocycles. The predicted octanol–water partition coefficient (Wildman–Crippen LogP) is 12.1. The molecule has 2 nitrogen and oxygen atoms in total. The minimum atomic E-state index is 0.273. The maximum Gasteiger partial charge on any atom is 0.0273 e. The molecule has 1 aliphatic carbocycles. The maximum absolute atomic E-state index is 4.25. The highest BCUT2D eigenvalue weighted by Crippen LogP contribution is 2.42. The van der Waals surface area contributed by atoms with Crippen molar-refractivity contribution in [2.45, 2.75) is 12.3 Å². The lowest BCUT2D eigenvalue weighted by molar-refractivity contribution is 0.869. The molecule has 226 valence electrons. The number of rotatable bonds is 5.